The molecule has 6 nitrogen and oxygen atoms in total. The monoisotopic (exact) mass is 410 g/mol. The molecule has 0 atom stereocenters. The zero-order chi connectivity index (χ0) is 20.6. The molecule has 0 bridgehead atoms. The van der Waals surface area contributed by atoms with E-state index in [2.05, 4.69) is 21.5 Å². The molecule has 0 aliphatic heterocycles. The minimum Gasteiger partial charge on any atom is -0.347 e. The second kappa shape index (κ2) is 9.61. The lowest BCUT2D eigenvalue weighted by Gasteiger charge is -2.12. The fourth-order valence-corrected chi connectivity index (χ4v) is 2.90. The highest BCUT2D eigenvalue weighted by Crippen LogP contribution is 2.18. The van der Waals surface area contributed by atoms with Crippen LogP contribution in [-0.2, 0) is 16.0 Å². The molecule has 0 unspecified atom stereocenters. The topological polar surface area (TPSA) is 82.3 Å². The van der Waals surface area contributed by atoms with E-state index in [0.29, 0.717) is 5.69 Å². The van der Waals surface area contributed by atoms with E-state index in [1.165, 1.54) is 24.3 Å². The Balaban J connectivity index is 1.42. The van der Waals surface area contributed by atoms with Crippen LogP contribution in [-0.4, -0.2) is 23.5 Å². The molecule has 0 spiro atoms. The summed E-state index contributed by atoms with van der Waals surface area (Å²) in [6.07, 6.45) is 0.173. The number of hydrazine groups is 1. The summed E-state index contributed by atoms with van der Waals surface area (Å²) in [5.41, 5.74) is 6.36. The van der Waals surface area contributed by atoms with Crippen molar-refractivity contribution >= 4 is 45.6 Å². The van der Waals surface area contributed by atoms with Crippen molar-refractivity contribution in [1.29, 1.82) is 0 Å². The van der Waals surface area contributed by atoms with Crippen molar-refractivity contribution in [2.24, 2.45) is 0 Å². The number of carbonyl (C=O) groups is 2. The first kappa shape index (κ1) is 20.2. The van der Waals surface area contributed by atoms with Crippen LogP contribution in [0.5, 0.6) is 0 Å². The molecule has 3 aromatic carbocycles. The summed E-state index contributed by atoms with van der Waals surface area (Å²) in [4.78, 5) is 24.1. The number of anilines is 1. The number of thiocarbonyl (C=S) groups is 1. The van der Waals surface area contributed by atoms with Crippen LogP contribution >= 0.6 is 12.2 Å². The Bertz CT molecular complexity index is 1040. The van der Waals surface area contributed by atoms with Crippen LogP contribution < -0.4 is 21.5 Å². The van der Waals surface area contributed by atoms with E-state index in [-0.39, 0.29) is 29.8 Å². The highest BCUT2D eigenvalue weighted by atomic mass is 32.1. The van der Waals surface area contributed by atoms with Crippen LogP contribution in [0.4, 0.5) is 10.1 Å². The predicted molar refractivity (Wildman–Crippen MR) is 115 cm³/mol. The van der Waals surface area contributed by atoms with Gasteiger partial charge < -0.3 is 10.6 Å². The Kier molecular flexibility index (Phi) is 6.70. The Morgan fingerprint density at radius 2 is 1.59 bits per heavy atom. The van der Waals surface area contributed by atoms with Crippen LogP contribution in [0, 0.1) is 5.82 Å². The van der Waals surface area contributed by atoms with E-state index in [0.717, 1.165) is 16.3 Å². The normalized spacial score (nSPS) is 10.2. The first-order chi connectivity index (χ1) is 14.0. The van der Waals surface area contributed by atoms with E-state index in [4.69, 9.17) is 12.2 Å². The standard InChI is InChI=1S/C21H19FN4O2S/c22-16-8-10-17(11-9-16)24-21(29)26-25-20(28)13-23-19(27)12-15-6-3-5-14-4-1-2-7-18(14)15/h1-11H,12-13H2,(H,23,27)(H,25,28)(H2,24,26,29). The third-order valence-corrected chi connectivity index (χ3v) is 4.30. The fourth-order valence-electron chi connectivity index (χ4n) is 2.73. The largest absolute Gasteiger partial charge is 0.347 e. The van der Waals surface area contributed by atoms with Crippen molar-refractivity contribution in [3.05, 3.63) is 78.1 Å². The first-order valence-corrected chi connectivity index (χ1v) is 9.27. The Labute approximate surface area is 172 Å². The predicted octanol–water partition coefficient (Wildman–Crippen LogP) is 2.66. The van der Waals surface area contributed by atoms with E-state index < -0.39 is 5.91 Å². The van der Waals surface area contributed by atoms with Crippen molar-refractivity contribution in [2.75, 3.05) is 11.9 Å². The average molecular weight is 410 g/mol. The molecule has 3 aromatic rings. The molecule has 0 aliphatic carbocycles. The number of hydrogen-bond donors (Lipinski definition) is 4. The van der Waals surface area contributed by atoms with E-state index >= 15 is 0 Å². The van der Waals surface area contributed by atoms with Gasteiger partial charge in [0.2, 0.25) is 5.91 Å². The quantitative estimate of drug-likeness (QED) is 0.384. The number of nitrogens with one attached hydrogen (secondary N) is 4. The smallest absolute Gasteiger partial charge is 0.257 e. The van der Waals surface area contributed by atoms with Crippen molar-refractivity contribution < 1.29 is 14.0 Å². The van der Waals surface area contributed by atoms with Gasteiger partial charge in [0.05, 0.1) is 13.0 Å². The van der Waals surface area contributed by atoms with Gasteiger partial charge in [-0.2, -0.15) is 0 Å². The van der Waals surface area contributed by atoms with Gasteiger partial charge in [0, 0.05) is 5.69 Å². The zero-order valence-corrected chi connectivity index (χ0v) is 16.2. The van der Waals surface area contributed by atoms with Gasteiger partial charge in [-0.15, -0.1) is 0 Å². The maximum Gasteiger partial charge on any atom is 0.257 e. The summed E-state index contributed by atoms with van der Waals surface area (Å²) in [6, 6.07) is 19.2. The molecule has 0 heterocycles. The van der Waals surface area contributed by atoms with Gasteiger partial charge in [0.15, 0.2) is 5.11 Å². The zero-order valence-electron chi connectivity index (χ0n) is 15.4. The molecule has 0 fully saturated rings. The second-order valence-electron chi connectivity index (χ2n) is 6.23. The van der Waals surface area contributed by atoms with Gasteiger partial charge in [0.25, 0.3) is 5.91 Å². The van der Waals surface area contributed by atoms with Crippen LogP contribution in [0.2, 0.25) is 0 Å². The third-order valence-electron chi connectivity index (χ3n) is 4.09. The number of hydrogen-bond acceptors (Lipinski definition) is 3. The summed E-state index contributed by atoms with van der Waals surface area (Å²) in [5, 5.41) is 7.57. The molecule has 0 radical (unpaired) electrons. The van der Waals surface area contributed by atoms with E-state index in [1.807, 2.05) is 42.5 Å². The molecular weight excluding hydrogens is 391 g/mol. The number of fused-ring (bicyclic) bond motifs is 1. The maximum atomic E-state index is 12.9. The summed E-state index contributed by atoms with van der Waals surface area (Å²) in [6.45, 7) is -0.199. The Morgan fingerprint density at radius 3 is 2.38 bits per heavy atom. The van der Waals surface area contributed by atoms with Gasteiger partial charge >= 0.3 is 0 Å². The van der Waals surface area contributed by atoms with Crippen molar-refractivity contribution in [3.63, 3.8) is 0 Å². The molecule has 29 heavy (non-hydrogen) atoms. The lowest BCUT2D eigenvalue weighted by Crippen LogP contribution is -2.47. The molecule has 3 rings (SSSR count). The van der Waals surface area contributed by atoms with Gasteiger partial charge in [-0.25, -0.2) is 4.39 Å². The van der Waals surface area contributed by atoms with E-state index in [1.54, 1.807) is 0 Å². The highest BCUT2D eigenvalue weighted by molar-refractivity contribution is 7.80. The van der Waals surface area contributed by atoms with Gasteiger partial charge in [-0.05, 0) is 52.8 Å². The molecule has 0 saturated carbocycles. The van der Waals surface area contributed by atoms with Crippen LogP contribution in [0.15, 0.2) is 66.7 Å². The van der Waals surface area contributed by atoms with E-state index in [9.17, 15) is 14.0 Å². The molecule has 0 saturated heterocycles. The first-order valence-electron chi connectivity index (χ1n) is 8.86. The molecule has 4 N–H and O–H groups in total. The minimum atomic E-state index is -0.459. The Hall–Kier alpha value is -3.52. The molecule has 2 amide bonds. The number of halogens is 1. The molecule has 0 aromatic heterocycles. The average Bonchev–Trinajstić information content (AvgIpc) is 2.73. The number of carbonyl (C=O) groups excluding carboxylic acids is 2. The summed E-state index contributed by atoms with van der Waals surface area (Å²) >= 11 is 5.04. The van der Waals surface area contributed by atoms with Crippen molar-refractivity contribution in [1.82, 2.24) is 16.2 Å². The number of benzene rings is 3. The SMILES string of the molecule is O=C(Cc1cccc2ccccc12)NCC(=O)NNC(=S)Nc1ccc(F)cc1. The summed E-state index contributed by atoms with van der Waals surface area (Å²) < 4.78 is 12.9. The molecular formula is C21H19FN4O2S. The van der Waals surface area contributed by atoms with Gasteiger partial charge in [-0.3, -0.25) is 20.4 Å². The lowest BCUT2D eigenvalue weighted by molar-refractivity contribution is -0.126. The number of rotatable bonds is 5. The number of amides is 2. The summed E-state index contributed by atoms with van der Waals surface area (Å²) in [7, 11) is 0. The van der Waals surface area contributed by atoms with Gasteiger partial charge in [0.1, 0.15) is 5.82 Å². The summed E-state index contributed by atoms with van der Waals surface area (Å²) in [5.74, 6) is -1.08. The second-order valence-corrected chi connectivity index (χ2v) is 6.63. The third kappa shape index (κ3) is 5.98. The molecule has 0 aliphatic rings. The lowest BCUT2D eigenvalue weighted by atomic mass is 10.0. The minimum absolute atomic E-state index is 0.132. The highest BCUT2D eigenvalue weighted by Gasteiger charge is 2.09. The molecule has 148 valence electrons. The molecule has 8 heteroatoms. The van der Waals surface area contributed by atoms with Crippen LogP contribution in [0.3, 0.4) is 0 Å². The van der Waals surface area contributed by atoms with Crippen molar-refractivity contribution in [2.45, 2.75) is 6.42 Å². The van der Waals surface area contributed by atoms with Crippen LogP contribution in [0.25, 0.3) is 10.8 Å². The van der Waals surface area contributed by atoms with Gasteiger partial charge in [-0.1, -0.05) is 42.5 Å². The maximum absolute atomic E-state index is 12.9. The fraction of sp³-hybridized carbons (Fsp3) is 0.0952. The van der Waals surface area contributed by atoms with Crippen molar-refractivity contribution in [3.8, 4) is 0 Å². The Morgan fingerprint density at radius 1 is 0.862 bits per heavy atom. The van der Waals surface area contributed by atoms with Crippen LogP contribution in [0.1, 0.15) is 5.56 Å².